The Bertz CT molecular complexity index is 384. The molecule has 1 saturated carbocycles. The van der Waals surface area contributed by atoms with E-state index >= 15 is 0 Å². The maximum Gasteiger partial charge on any atom is 0.524 e. The van der Waals surface area contributed by atoms with Crippen LogP contribution in [0, 0.1) is 16.7 Å². The number of carbonyl (C=O) groups is 3. The van der Waals surface area contributed by atoms with E-state index in [9.17, 15) is 14.4 Å². The Labute approximate surface area is 93.1 Å². The van der Waals surface area contributed by atoms with Crippen molar-refractivity contribution in [3.05, 3.63) is 0 Å². The van der Waals surface area contributed by atoms with Gasteiger partial charge in [-0.05, 0) is 25.2 Å². The van der Waals surface area contributed by atoms with Crippen molar-refractivity contribution in [2.75, 3.05) is 0 Å². The second-order valence-corrected chi connectivity index (χ2v) is 5.21. The first-order valence-corrected chi connectivity index (χ1v) is 5.27. The van der Waals surface area contributed by atoms with Crippen LogP contribution in [0.3, 0.4) is 0 Å². The van der Waals surface area contributed by atoms with Crippen LogP contribution in [0.4, 0.5) is 4.79 Å². The van der Waals surface area contributed by atoms with Crippen molar-refractivity contribution < 1.29 is 23.9 Å². The third kappa shape index (κ3) is 1.20. The van der Waals surface area contributed by atoms with E-state index in [2.05, 4.69) is 9.47 Å². The zero-order chi connectivity index (χ0) is 12.1. The van der Waals surface area contributed by atoms with Gasteiger partial charge < -0.3 is 9.47 Å². The SMILES string of the molecule is CC12CCC(C(=O)OC(=O)OC1=O)C2(C)C. The monoisotopic (exact) mass is 226 g/mol. The lowest BCUT2D eigenvalue weighted by molar-refractivity contribution is -0.168. The second-order valence-electron chi connectivity index (χ2n) is 5.21. The highest BCUT2D eigenvalue weighted by Gasteiger charge is 2.61. The van der Waals surface area contributed by atoms with E-state index in [1.165, 1.54) is 0 Å². The Morgan fingerprint density at radius 3 is 2.38 bits per heavy atom. The van der Waals surface area contributed by atoms with E-state index in [0.29, 0.717) is 12.8 Å². The van der Waals surface area contributed by atoms with Crippen molar-refractivity contribution in [1.29, 1.82) is 0 Å². The van der Waals surface area contributed by atoms with Gasteiger partial charge in [-0.25, -0.2) is 4.79 Å². The number of hydrogen-bond acceptors (Lipinski definition) is 5. The Kier molecular flexibility index (Phi) is 2.12. The average molecular weight is 226 g/mol. The number of esters is 2. The van der Waals surface area contributed by atoms with Crippen LogP contribution in [0.15, 0.2) is 0 Å². The zero-order valence-electron chi connectivity index (χ0n) is 9.53. The van der Waals surface area contributed by atoms with Gasteiger partial charge in [-0.2, -0.15) is 0 Å². The van der Waals surface area contributed by atoms with Gasteiger partial charge in [0.1, 0.15) is 0 Å². The standard InChI is InChI=1S/C11H14O5/c1-10(2)6-4-5-11(10,3)8(13)16-9(14)15-7(6)12/h6H,4-5H2,1-3H3. The lowest BCUT2D eigenvalue weighted by Gasteiger charge is -2.39. The van der Waals surface area contributed by atoms with Gasteiger partial charge in [-0.1, -0.05) is 13.8 Å². The molecular weight excluding hydrogens is 212 g/mol. The lowest BCUT2D eigenvalue weighted by Crippen LogP contribution is -2.47. The summed E-state index contributed by atoms with van der Waals surface area (Å²) >= 11 is 0. The molecule has 0 aromatic rings. The second kappa shape index (κ2) is 3.06. The molecule has 2 rings (SSSR count). The number of fused-ring (bicyclic) bond motifs is 2. The predicted octanol–water partition coefficient (Wildman–Crippen LogP) is 1.65. The fourth-order valence-electron chi connectivity index (χ4n) is 2.64. The third-order valence-corrected chi connectivity index (χ3v) is 4.32. The summed E-state index contributed by atoms with van der Waals surface area (Å²) in [7, 11) is 0. The maximum absolute atomic E-state index is 11.8. The largest absolute Gasteiger partial charge is 0.524 e. The summed E-state index contributed by atoms with van der Waals surface area (Å²) in [6.07, 6.45) is -0.125. The molecule has 0 aromatic carbocycles. The van der Waals surface area contributed by atoms with Gasteiger partial charge in [0.2, 0.25) is 0 Å². The van der Waals surface area contributed by atoms with E-state index in [0.717, 1.165) is 0 Å². The van der Waals surface area contributed by atoms with E-state index in [-0.39, 0.29) is 0 Å². The van der Waals surface area contributed by atoms with E-state index in [1.54, 1.807) is 6.92 Å². The summed E-state index contributed by atoms with van der Waals surface area (Å²) < 4.78 is 8.96. The number of ether oxygens (including phenoxy) is 2. The first-order chi connectivity index (χ1) is 7.29. The van der Waals surface area contributed by atoms with Gasteiger partial charge in [0.25, 0.3) is 0 Å². The number of carbonyl (C=O) groups excluding carboxylic acids is 3. The highest BCUT2D eigenvalue weighted by Crippen LogP contribution is 2.57. The van der Waals surface area contributed by atoms with Crippen LogP contribution in [0.1, 0.15) is 33.6 Å². The van der Waals surface area contributed by atoms with Crippen molar-refractivity contribution in [3.8, 4) is 0 Å². The Balaban J connectivity index is 2.49. The predicted molar refractivity (Wildman–Crippen MR) is 52.2 cm³/mol. The first kappa shape index (κ1) is 11.1. The van der Waals surface area contributed by atoms with Crippen LogP contribution in [0.2, 0.25) is 0 Å². The number of cyclic esters (lactones) is 4. The van der Waals surface area contributed by atoms with Gasteiger partial charge in [-0.3, -0.25) is 9.59 Å². The van der Waals surface area contributed by atoms with Gasteiger partial charge in [-0.15, -0.1) is 0 Å². The molecule has 16 heavy (non-hydrogen) atoms. The van der Waals surface area contributed by atoms with Crippen LogP contribution in [-0.2, 0) is 19.1 Å². The minimum Gasteiger partial charge on any atom is -0.360 e. The number of rotatable bonds is 0. The molecule has 0 radical (unpaired) electrons. The quantitative estimate of drug-likeness (QED) is 0.464. The van der Waals surface area contributed by atoms with Crippen LogP contribution in [0.25, 0.3) is 0 Å². The molecule has 1 heterocycles. The van der Waals surface area contributed by atoms with Gasteiger partial charge in [0, 0.05) is 0 Å². The summed E-state index contributed by atoms with van der Waals surface area (Å²) in [5, 5.41) is 0. The zero-order valence-corrected chi connectivity index (χ0v) is 9.53. The molecule has 2 fully saturated rings. The normalized spacial score (nSPS) is 37.4. The first-order valence-electron chi connectivity index (χ1n) is 5.27. The molecule has 0 aromatic heterocycles. The van der Waals surface area contributed by atoms with Crippen LogP contribution in [0.5, 0.6) is 0 Å². The van der Waals surface area contributed by atoms with Crippen LogP contribution in [-0.4, -0.2) is 18.1 Å². The molecule has 2 unspecified atom stereocenters. The molecule has 1 aliphatic heterocycles. The smallest absolute Gasteiger partial charge is 0.360 e. The average Bonchev–Trinajstić information content (AvgIpc) is 2.39. The fourth-order valence-corrected chi connectivity index (χ4v) is 2.64. The summed E-state index contributed by atoms with van der Waals surface area (Å²) in [4.78, 5) is 34.6. The highest BCUT2D eigenvalue weighted by atomic mass is 16.8. The molecule has 1 aliphatic carbocycles. The summed E-state index contributed by atoms with van der Waals surface area (Å²) in [6.45, 7) is 5.41. The molecule has 0 amide bonds. The molecule has 88 valence electrons. The van der Waals surface area contributed by atoms with Gasteiger partial charge in [0.05, 0.1) is 11.3 Å². The topological polar surface area (TPSA) is 69.7 Å². The van der Waals surface area contributed by atoms with Crippen LogP contribution >= 0.6 is 0 Å². The van der Waals surface area contributed by atoms with E-state index in [4.69, 9.17) is 0 Å². The Morgan fingerprint density at radius 1 is 1.12 bits per heavy atom. The Morgan fingerprint density at radius 2 is 1.75 bits per heavy atom. The highest BCUT2D eigenvalue weighted by molar-refractivity contribution is 5.95. The molecule has 2 atom stereocenters. The van der Waals surface area contributed by atoms with Crippen molar-refractivity contribution in [2.24, 2.45) is 16.7 Å². The summed E-state index contributed by atoms with van der Waals surface area (Å²) in [6, 6.07) is 0. The minimum absolute atomic E-state index is 0.422. The third-order valence-electron chi connectivity index (χ3n) is 4.32. The minimum atomic E-state index is -1.20. The molecule has 1 saturated heterocycles. The molecule has 0 spiro atoms. The van der Waals surface area contributed by atoms with Crippen molar-refractivity contribution in [3.63, 3.8) is 0 Å². The van der Waals surface area contributed by atoms with E-state index < -0.39 is 34.8 Å². The van der Waals surface area contributed by atoms with Crippen molar-refractivity contribution in [2.45, 2.75) is 33.6 Å². The fraction of sp³-hybridized carbons (Fsp3) is 0.727. The van der Waals surface area contributed by atoms with Gasteiger partial charge in [0.15, 0.2) is 0 Å². The summed E-state index contributed by atoms with van der Waals surface area (Å²) in [5.41, 5.74) is -1.35. The summed E-state index contributed by atoms with van der Waals surface area (Å²) in [5.74, 6) is -1.61. The molecule has 2 bridgehead atoms. The van der Waals surface area contributed by atoms with Crippen LogP contribution < -0.4 is 0 Å². The molecule has 2 aliphatic rings. The van der Waals surface area contributed by atoms with Crippen molar-refractivity contribution in [1.82, 2.24) is 0 Å². The molecular formula is C11H14O5. The lowest BCUT2D eigenvalue weighted by atomic mass is 9.65. The van der Waals surface area contributed by atoms with Crippen molar-refractivity contribution >= 4 is 18.1 Å². The maximum atomic E-state index is 11.8. The molecule has 5 heteroatoms. The molecule has 5 nitrogen and oxygen atoms in total. The number of hydrogen-bond donors (Lipinski definition) is 0. The Hall–Kier alpha value is -1.39. The van der Waals surface area contributed by atoms with Gasteiger partial charge >= 0.3 is 18.1 Å². The molecule has 0 N–H and O–H groups in total. The van der Waals surface area contributed by atoms with E-state index in [1.807, 2.05) is 13.8 Å².